The molecule has 1 aromatic heterocycles. The maximum Gasteiger partial charge on any atom is 0.338 e. The predicted molar refractivity (Wildman–Crippen MR) is 87.5 cm³/mol. The van der Waals surface area contributed by atoms with Crippen LogP contribution in [0.3, 0.4) is 0 Å². The van der Waals surface area contributed by atoms with Crippen molar-refractivity contribution in [2.24, 2.45) is 0 Å². The lowest BCUT2D eigenvalue weighted by Gasteiger charge is -2.32. The molecule has 1 amide bonds. The van der Waals surface area contributed by atoms with Gasteiger partial charge in [0, 0.05) is 29.3 Å². The third-order valence-electron chi connectivity index (χ3n) is 4.08. The van der Waals surface area contributed by atoms with Gasteiger partial charge in [-0.05, 0) is 31.0 Å². The summed E-state index contributed by atoms with van der Waals surface area (Å²) < 4.78 is 15.6. The first-order chi connectivity index (χ1) is 11.4. The molecule has 2 heterocycles. The Labute approximate surface area is 146 Å². The number of hydrogen-bond acceptors (Lipinski definition) is 3. The lowest BCUT2D eigenvalue weighted by molar-refractivity contribution is 0.0687. The number of carbonyl (C=O) groups excluding carboxylic acids is 1. The number of aromatic carboxylic acids is 1. The average molecular weight is 396 g/mol. The van der Waals surface area contributed by atoms with E-state index in [-0.39, 0.29) is 17.5 Å². The highest BCUT2D eigenvalue weighted by molar-refractivity contribution is 9.10. The van der Waals surface area contributed by atoms with E-state index >= 15 is 0 Å². The van der Waals surface area contributed by atoms with Crippen LogP contribution in [0.1, 0.15) is 39.6 Å². The van der Waals surface area contributed by atoms with Crippen molar-refractivity contribution in [3.63, 3.8) is 0 Å². The van der Waals surface area contributed by atoms with E-state index in [2.05, 4.69) is 21.0 Å². The van der Waals surface area contributed by atoms with Gasteiger partial charge in [0.15, 0.2) is 0 Å². The third-order valence-corrected chi connectivity index (χ3v) is 4.54. The van der Waals surface area contributed by atoms with Gasteiger partial charge in [-0.1, -0.05) is 15.9 Å². The van der Waals surface area contributed by atoms with Gasteiger partial charge in [-0.25, -0.2) is 9.18 Å². The van der Waals surface area contributed by atoms with E-state index in [1.807, 2.05) is 0 Å². The van der Waals surface area contributed by atoms with E-state index in [1.165, 1.54) is 24.5 Å². The summed E-state index contributed by atoms with van der Waals surface area (Å²) in [5.74, 6) is -1.67. The normalized spacial score (nSPS) is 15.5. The standard InChI is InChI=1S/C16H15BrFN3O3/c17-12-5-10(6-13(18)7-12)15(22)20-3-1-14(2-4-20)21-9-11(8-19-21)16(23)24/h5-9,14H,1-4H2,(H,23,24). The van der Waals surface area contributed by atoms with Crippen molar-refractivity contribution in [2.45, 2.75) is 18.9 Å². The van der Waals surface area contributed by atoms with Crippen LogP contribution in [0.15, 0.2) is 35.1 Å². The molecule has 1 fully saturated rings. The summed E-state index contributed by atoms with van der Waals surface area (Å²) in [6.07, 6.45) is 4.17. The first kappa shape index (κ1) is 16.6. The highest BCUT2D eigenvalue weighted by Crippen LogP contribution is 2.24. The molecule has 2 aromatic rings. The topological polar surface area (TPSA) is 75.4 Å². The second-order valence-corrected chi connectivity index (χ2v) is 6.61. The minimum Gasteiger partial charge on any atom is -0.478 e. The number of carboxylic acid groups (broad SMARTS) is 1. The maximum atomic E-state index is 13.4. The number of halogens is 2. The Kier molecular flexibility index (Phi) is 4.66. The van der Waals surface area contributed by atoms with Crippen LogP contribution in [0, 0.1) is 5.82 Å². The fraction of sp³-hybridized carbons (Fsp3) is 0.312. The van der Waals surface area contributed by atoms with Gasteiger partial charge in [-0.15, -0.1) is 0 Å². The van der Waals surface area contributed by atoms with E-state index in [0.29, 0.717) is 36.0 Å². The molecular formula is C16H15BrFN3O3. The zero-order chi connectivity index (χ0) is 17.3. The molecule has 0 aliphatic carbocycles. The number of piperidine rings is 1. The summed E-state index contributed by atoms with van der Waals surface area (Å²) in [4.78, 5) is 25.1. The van der Waals surface area contributed by atoms with Gasteiger partial charge < -0.3 is 10.0 Å². The van der Waals surface area contributed by atoms with Crippen LogP contribution in [0.2, 0.25) is 0 Å². The fourth-order valence-corrected chi connectivity index (χ4v) is 3.31. The third kappa shape index (κ3) is 3.48. The molecular weight excluding hydrogens is 381 g/mol. The Bertz CT molecular complexity index is 764. The molecule has 0 atom stereocenters. The summed E-state index contributed by atoms with van der Waals surface area (Å²) in [6.45, 7) is 1.03. The Balaban J connectivity index is 1.65. The van der Waals surface area contributed by atoms with E-state index < -0.39 is 11.8 Å². The lowest BCUT2D eigenvalue weighted by Crippen LogP contribution is -2.39. The first-order valence-electron chi connectivity index (χ1n) is 7.47. The Morgan fingerprint density at radius 2 is 1.92 bits per heavy atom. The second kappa shape index (κ2) is 6.72. The molecule has 8 heteroatoms. The summed E-state index contributed by atoms with van der Waals surface area (Å²) >= 11 is 3.19. The van der Waals surface area contributed by atoms with Crippen molar-refractivity contribution in [2.75, 3.05) is 13.1 Å². The quantitative estimate of drug-likeness (QED) is 0.866. The number of carboxylic acids is 1. The number of rotatable bonds is 3. The van der Waals surface area contributed by atoms with Crippen molar-refractivity contribution in [1.29, 1.82) is 0 Å². The van der Waals surface area contributed by atoms with E-state index in [1.54, 1.807) is 15.6 Å². The summed E-state index contributed by atoms with van der Waals surface area (Å²) in [5, 5.41) is 13.0. The van der Waals surface area contributed by atoms with Crippen LogP contribution < -0.4 is 0 Å². The molecule has 1 aliphatic heterocycles. The van der Waals surface area contributed by atoms with Crippen LogP contribution in [0.5, 0.6) is 0 Å². The average Bonchev–Trinajstić information content (AvgIpc) is 3.03. The summed E-state index contributed by atoms with van der Waals surface area (Å²) in [7, 11) is 0. The van der Waals surface area contributed by atoms with Gasteiger partial charge in [-0.2, -0.15) is 5.10 Å². The molecule has 126 valence electrons. The number of nitrogens with zero attached hydrogens (tertiary/aromatic N) is 3. The molecule has 1 aromatic carbocycles. The molecule has 0 saturated carbocycles. The largest absolute Gasteiger partial charge is 0.478 e. The van der Waals surface area contributed by atoms with Crippen molar-refractivity contribution < 1.29 is 19.1 Å². The summed E-state index contributed by atoms with van der Waals surface area (Å²) in [6, 6.07) is 4.19. The smallest absolute Gasteiger partial charge is 0.338 e. The molecule has 24 heavy (non-hydrogen) atoms. The Morgan fingerprint density at radius 1 is 1.21 bits per heavy atom. The number of amides is 1. The highest BCUT2D eigenvalue weighted by atomic mass is 79.9. The van der Waals surface area contributed by atoms with Gasteiger partial charge >= 0.3 is 5.97 Å². The van der Waals surface area contributed by atoms with Crippen LogP contribution >= 0.6 is 15.9 Å². The van der Waals surface area contributed by atoms with Gasteiger partial charge in [0.1, 0.15) is 5.82 Å². The van der Waals surface area contributed by atoms with E-state index in [9.17, 15) is 14.0 Å². The molecule has 0 unspecified atom stereocenters. The molecule has 1 saturated heterocycles. The van der Waals surface area contributed by atoms with E-state index in [4.69, 9.17) is 5.11 Å². The Morgan fingerprint density at radius 3 is 2.50 bits per heavy atom. The highest BCUT2D eigenvalue weighted by Gasteiger charge is 2.26. The van der Waals surface area contributed by atoms with Gasteiger partial charge in [0.2, 0.25) is 0 Å². The monoisotopic (exact) mass is 395 g/mol. The minimum atomic E-state index is -1.01. The number of likely N-dealkylation sites (tertiary alicyclic amines) is 1. The molecule has 3 rings (SSSR count). The molecule has 0 bridgehead atoms. The van der Waals surface area contributed by atoms with Gasteiger partial charge in [0.05, 0.1) is 17.8 Å². The Hall–Kier alpha value is -2.22. The zero-order valence-corrected chi connectivity index (χ0v) is 14.2. The predicted octanol–water partition coefficient (Wildman–Crippen LogP) is 2.96. The lowest BCUT2D eigenvalue weighted by atomic mass is 10.0. The van der Waals surface area contributed by atoms with Crippen molar-refractivity contribution in [1.82, 2.24) is 14.7 Å². The number of aromatic nitrogens is 2. The van der Waals surface area contributed by atoms with Crippen LogP contribution in [-0.2, 0) is 0 Å². The van der Waals surface area contributed by atoms with E-state index in [0.717, 1.165) is 0 Å². The van der Waals surface area contributed by atoms with Crippen LogP contribution in [0.4, 0.5) is 4.39 Å². The molecule has 6 nitrogen and oxygen atoms in total. The molecule has 1 aliphatic rings. The second-order valence-electron chi connectivity index (χ2n) is 5.70. The number of carbonyl (C=O) groups is 2. The van der Waals surface area contributed by atoms with Crippen LogP contribution in [0.25, 0.3) is 0 Å². The molecule has 0 spiro atoms. The molecule has 1 N–H and O–H groups in total. The van der Waals surface area contributed by atoms with Gasteiger partial charge in [-0.3, -0.25) is 9.48 Å². The zero-order valence-electron chi connectivity index (χ0n) is 12.7. The first-order valence-corrected chi connectivity index (χ1v) is 8.26. The summed E-state index contributed by atoms with van der Waals surface area (Å²) in [5.41, 5.74) is 0.464. The SMILES string of the molecule is O=C(O)c1cnn(C2CCN(C(=O)c3cc(F)cc(Br)c3)CC2)c1. The minimum absolute atomic E-state index is 0.0568. The van der Waals surface area contributed by atoms with Crippen molar-refractivity contribution >= 4 is 27.8 Å². The van der Waals surface area contributed by atoms with Crippen molar-refractivity contribution in [3.05, 3.63) is 52.0 Å². The van der Waals surface area contributed by atoms with Gasteiger partial charge in [0.25, 0.3) is 5.91 Å². The number of benzene rings is 1. The maximum absolute atomic E-state index is 13.4. The van der Waals surface area contributed by atoms with Crippen molar-refractivity contribution in [3.8, 4) is 0 Å². The number of hydrogen-bond donors (Lipinski definition) is 1. The molecule has 0 radical (unpaired) electrons. The fourth-order valence-electron chi connectivity index (χ4n) is 2.84. The van der Waals surface area contributed by atoms with Crippen LogP contribution in [-0.4, -0.2) is 44.8 Å².